The molecule has 0 aliphatic carbocycles. The number of aromatic nitrogens is 1. The number of hydrogen-bond donors (Lipinski definition) is 0. The van der Waals surface area contributed by atoms with E-state index in [0.29, 0.717) is 25.3 Å². The molecule has 1 aliphatic rings. The minimum absolute atomic E-state index is 0.0101. The SMILES string of the molecule is CC(C)(C)OC(=O)N1CCCC[C@H]1CCOCC(=O)c1ccccn1. The number of rotatable bonds is 6. The Morgan fingerprint density at radius 1 is 1.28 bits per heavy atom. The van der Waals surface area contributed by atoms with Gasteiger partial charge in [-0.2, -0.15) is 0 Å². The summed E-state index contributed by atoms with van der Waals surface area (Å²) in [5.74, 6) is -0.131. The maximum Gasteiger partial charge on any atom is 0.410 e. The summed E-state index contributed by atoms with van der Waals surface area (Å²) in [7, 11) is 0. The fourth-order valence-corrected chi connectivity index (χ4v) is 2.85. The van der Waals surface area contributed by atoms with Gasteiger partial charge in [-0.1, -0.05) is 6.07 Å². The van der Waals surface area contributed by atoms with Crippen molar-refractivity contribution < 1.29 is 19.1 Å². The van der Waals surface area contributed by atoms with Crippen LogP contribution in [0.1, 0.15) is 56.9 Å². The number of amides is 1. The van der Waals surface area contributed by atoms with Gasteiger partial charge < -0.3 is 14.4 Å². The van der Waals surface area contributed by atoms with Crippen LogP contribution < -0.4 is 0 Å². The van der Waals surface area contributed by atoms with Crippen molar-refractivity contribution in [2.45, 2.75) is 58.1 Å². The van der Waals surface area contributed by atoms with Gasteiger partial charge in [0.2, 0.25) is 5.78 Å². The van der Waals surface area contributed by atoms with Crippen molar-refractivity contribution in [2.24, 2.45) is 0 Å². The van der Waals surface area contributed by atoms with Crippen LogP contribution in [0.25, 0.3) is 0 Å². The molecule has 6 heteroatoms. The van der Waals surface area contributed by atoms with E-state index in [1.54, 1.807) is 29.3 Å². The van der Waals surface area contributed by atoms with E-state index in [9.17, 15) is 9.59 Å². The molecule has 1 aromatic heterocycles. The molecule has 0 bridgehead atoms. The Bertz CT molecular complexity index is 569. The van der Waals surface area contributed by atoms with Gasteiger partial charge in [0.25, 0.3) is 0 Å². The molecule has 0 unspecified atom stereocenters. The maximum absolute atomic E-state index is 12.4. The van der Waals surface area contributed by atoms with E-state index < -0.39 is 5.60 Å². The predicted molar refractivity (Wildman–Crippen MR) is 94.6 cm³/mol. The standard InChI is InChI=1S/C19H28N2O4/c1-19(2,3)25-18(23)21-12-7-5-8-15(21)10-13-24-14-17(22)16-9-4-6-11-20-16/h4,6,9,11,15H,5,7-8,10,12-14H2,1-3H3/t15-/m0/s1. The molecule has 6 nitrogen and oxygen atoms in total. The molecular formula is C19H28N2O4. The van der Waals surface area contributed by atoms with E-state index in [2.05, 4.69) is 4.98 Å². The number of ketones is 1. The predicted octanol–water partition coefficient (Wildman–Crippen LogP) is 3.46. The molecule has 1 saturated heterocycles. The maximum atomic E-state index is 12.4. The van der Waals surface area contributed by atoms with Gasteiger partial charge in [0, 0.05) is 25.4 Å². The zero-order valence-corrected chi connectivity index (χ0v) is 15.4. The van der Waals surface area contributed by atoms with Crippen LogP contribution in [0.5, 0.6) is 0 Å². The number of likely N-dealkylation sites (tertiary alicyclic amines) is 1. The van der Waals surface area contributed by atoms with Crippen LogP contribution in [0.4, 0.5) is 4.79 Å². The van der Waals surface area contributed by atoms with Crippen molar-refractivity contribution >= 4 is 11.9 Å². The van der Waals surface area contributed by atoms with E-state index in [1.165, 1.54) is 0 Å². The Hall–Kier alpha value is -1.95. The van der Waals surface area contributed by atoms with Gasteiger partial charge in [0.05, 0.1) is 0 Å². The molecule has 1 aromatic rings. The van der Waals surface area contributed by atoms with Gasteiger partial charge in [-0.05, 0) is 58.6 Å². The molecule has 0 N–H and O–H groups in total. The van der Waals surface area contributed by atoms with E-state index >= 15 is 0 Å². The number of Topliss-reactive ketones (excluding diaryl/α,β-unsaturated/α-hetero) is 1. The second kappa shape index (κ2) is 8.94. The van der Waals surface area contributed by atoms with E-state index in [1.807, 2.05) is 20.8 Å². The van der Waals surface area contributed by atoms with Crippen LogP contribution >= 0.6 is 0 Å². The zero-order valence-electron chi connectivity index (χ0n) is 15.4. The lowest BCUT2D eigenvalue weighted by atomic mass is 10.0. The Labute approximate surface area is 149 Å². The van der Waals surface area contributed by atoms with Crippen molar-refractivity contribution in [1.82, 2.24) is 9.88 Å². The van der Waals surface area contributed by atoms with Gasteiger partial charge in [-0.15, -0.1) is 0 Å². The number of piperidine rings is 1. The summed E-state index contributed by atoms with van der Waals surface area (Å²) in [5, 5.41) is 0. The fourth-order valence-electron chi connectivity index (χ4n) is 2.85. The van der Waals surface area contributed by atoms with Crippen molar-refractivity contribution in [3.8, 4) is 0 Å². The largest absolute Gasteiger partial charge is 0.444 e. The molecule has 2 heterocycles. The first kappa shape index (κ1) is 19.4. The Morgan fingerprint density at radius 3 is 2.76 bits per heavy atom. The van der Waals surface area contributed by atoms with Crippen LogP contribution in [-0.4, -0.2) is 53.2 Å². The molecule has 138 valence electrons. The average Bonchev–Trinajstić information content (AvgIpc) is 2.58. The highest BCUT2D eigenvalue weighted by atomic mass is 16.6. The number of ether oxygens (including phenoxy) is 2. The van der Waals surface area contributed by atoms with Gasteiger partial charge in [-0.3, -0.25) is 9.78 Å². The highest BCUT2D eigenvalue weighted by Gasteiger charge is 2.30. The van der Waals surface area contributed by atoms with Crippen LogP contribution in [0.15, 0.2) is 24.4 Å². The molecule has 1 atom stereocenters. The molecule has 0 aromatic carbocycles. The highest BCUT2D eigenvalue weighted by Crippen LogP contribution is 2.22. The van der Waals surface area contributed by atoms with E-state index in [-0.39, 0.29) is 24.5 Å². The van der Waals surface area contributed by atoms with Crippen LogP contribution in [-0.2, 0) is 9.47 Å². The summed E-state index contributed by atoms with van der Waals surface area (Å²) in [6, 6.07) is 5.33. The highest BCUT2D eigenvalue weighted by molar-refractivity contribution is 5.95. The second-order valence-corrected chi connectivity index (χ2v) is 7.30. The first-order valence-electron chi connectivity index (χ1n) is 8.88. The summed E-state index contributed by atoms with van der Waals surface area (Å²) in [5.41, 5.74) is -0.0828. The molecule has 25 heavy (non-hydrogen) atoms. The number of carbonyl (C=O) groups excluding carboxylic acids is 2. The topological polar surface area (TPSA) is 68.7 Å². The Kier molecular flexibility index (Phi) is 6.93. The molecule has 0 radical (unpaired) electrons. The molecule has 0 spiro atoms. The minimum Gasteiger partial charge on any atom is -0.444 e. The lowest BCUT2D eigenvalue weighted by molar-refractivity contribution is 0.00456. The first-order valence-corrected chi connectivity index (χ1v) is 8.88. The third-order valence-electron chi connectivity index (χ3n) is 4.03. The van der Waals surface area contributed by atoms with Crippen LogP contribution in [0.3, 0.4) is 0 Å². The first-order chi connectivity index (χ1) is 11.9. The minimum atomic E-state index is -0.495. The van der Waals surface area contributed by atoms with Gasteiger partial charge in [-0.25, -0.2) is 4.79 Å². The summed E-state index contributed by atoms with van der Waals surface area (Å²) >= 11 is 0. The normalized spacial score (nSPS) is 18.0. The summed E-state index contributed by atoms with van der Waals surface area (Å²) < 4.78 is 11.0. The second-order valence-electron chi connectivity index (χ2n) is 7.30. The summed E-state index contributed by atoms with van der Waals surface area (Å²) in [6.07, 6.45) is 5.06. The lowest BCUT2D eigenvalue weighted by Crippen LogP contribution is -2.46. The Morgan fingerprint density at radius 2 is 2.08 bits per heavy atom. The molecule has 2 rings (SSSR count). The van der Waals surface area contributed by atoms with Crippen LogP contribution in [0.2, 0.25) is 0 Å². The van der Waals surface area contributed by atoms with Gasteiger partial charge >= 0.3 is 6.09 Å². The fraction of sp³-hybridized carbons (Fsp3) is 0.632. The van der Waals surface area contributed by atoms with Gasteiger partial charge in [0.1, 0.15) is 17.9 Å². The summed E-state index contributed by atoms with van der Waals surface area (Å²) in [4.78, 5) is 30.1. The summed E-state index contributed by atoms with van der Waals surface area (Å²) in [6.45, 7) is 6.77. The lowest BCUT2D eigenvalue weighted by Gasteiger charge is -2.36. The monoisotopic (exact) mass is 348 g/mol. The number of nitrogens with zero attached hydrogens (tertiary/aromatic N) is 2. The zero-order chi connectivity index (χ0) is 18.3. The van der Waals surface area contributed by atoms with Crippen molar-refractivity contribution in [3.05, 3.63) is 30.1 Å². The number of hydrogen-bond acceptors (Lipinski definition) is 5. The Balaban J connectivity index is 1.77. The number of pyridine rings is 1. The molecule has 0 saturated carbocycles. The molecule has 1 amide bonds. The quantitative estimate of drug-likeness (QED) is 0.582. The molecule has 1 fully saturated rings. The molecular weight excluding hydrogens is 320 g/mol. The third-order valence-corrected chi connectivity index (χ3v) is 4.03. The smallest absolute Gasteiger partial charge is 0.410 e. The third kappa shape index (κ3) is 6.46. The van der Waals surface area contributed by atoms with E-state index in [0.717, 1.165) is 19.3 Å². The van der Waals surface area contributed by atoms with Crippen molar-refractivity contribution in [2.75, 3.05) is 19.8 Å². The number of carbonyl (C=O) groups is 2. The van der Waals surface area contributed by atoms with Crippen molar-refractivity contribution in [3.63, 3.8) is 0 Å². The van der Waals surface area contributed by atoms with Gasteiger partial charge in [0.15, 0.2) is 0 Å². The average molecular weight is 348 g/mol. The van der Waals surface area contributed by atoms with E-state index in [4.69, 9.17) is 9.47 Å². The van der Waals surface area contributed by atoms with Crippen molar-refractivity contribution in [1.29, 1.82) is 0 Å². The van der Waals surface area contributed by atoms with Crippen LogP contribution in [0, 0.1) is 0 Å². The molecule has 1 aliphatic heterocycles.